The van der Waals surface area contributed by atoms with Crippen LogP contribution in [0.25, 0.3) is 10.2 Å². The van der Waals surface area contributed by atoms with Crippen LogP contribution < -0.4 is 0 Å². The van der Waals surface area contributed by atoms with E-state index < -0.39 is 5.60 Å². The third kappa shape index (κ3) is 4.42. The predicted molar refractivity (Wildman–Crippen MR) is 101 cm³/mol. The molecule has 130 valence electrons. The molecule has 0 radical (unpaired) electrons. The Bertz CT molecular complexity index is 675. The molecule has 1 saturated heterocycles. The molecule has 1 aliphatic heterocycles. The third-order valence-electron chi connectivity index (χ3n) is 3.93. The lowest BCUT2D eigenvalue weighted by molar-refractivity contribution is 0.0126. The molecule has 4 nitrogen and oxygen atoms in total. The zero-order valence-electron chi connectivity index (χ0n) is 14.4. The van der Waals surface area contributed by atoms with E-state index in [0.717, 1.165) is 35.0 Å². The molecule has 0 N–H and O–H groups in total. The lowest BCUT2D eigenvalue weighted by atomic mass is 10.0. The smallest absolute Gasteiger partial charge is 0.410 e. The van der Waals surface area contributed by atoms with Crippen molar-refractivity contribution >= 4 is 39.4 Å². The van der Waals surface area contributed by atoms with E-state index in [4.69, 9.17) is 4.74 Å². The van der Waals surface area contributed by atoms with E-state index in [9.17, 15) is 4.79 Å². The van der Waals surface area contributed by atoms with Gasteiger partial charge in [0.05, 0.1) is 10.2 Å². The molecule has 2 heterocycles. The van der Waals surface area contributed by atoms with Crippen molar-refractivity contribution in [3.63, 3.8) is 0 Å². The first-order chi connectivity index (χ1) is 11.4. The summed E-state index contributed by atoms with van der Waals surface area (Å²) in [4.78, 5) is 19.0. The molecule has 1 amide bonds. The number of likely N-dealkylation sites (tertiary alicyclic amines) is 1. The molecule has 1 atom stereocenters. The van der Waals surface area contributed by atoms with Gasteiger partial charge in [-0.15, -0.1) is 11.3 Å². The van der Waals surface area contributed by atoms with Crippen molar-refractivity contribution in [2.75, 3.05) is 12.3 Å². The van der Waals surface area contributed by atoms with Gasteiger partial charge in [-0.3, -0.25) is 0 Å². The summed E-state index contributed by atoms with van der Waals surface area (Å²) in [7, 11) is 0. The van der Waals surface area contributed by atoms with Gasteiger partial charge < -0.3 is 9.64 Å². The van der Waals surface area contributed by atoms with Crippen molar-refractivity contribution < 1.29 is 9.53 Å². The number of fused-ring (bicyclic) bond motifs is 1. The van der Waals surface area contributed by atoms with Crippen LogP contribution >= 0.6 is 23.1 Å². The molecule has 0 saturated carbocycles. The van der Waals surface area contributed by atoms with E-state index >= 15 is 0 Å². The number of hydrogen-bond donors (Lipinski definition) is 0. The quantitative estimate of drug-likeness (QED) is 0.704. The van der Waals surface area contributed by atoms with Gasteiger partial charge in [0, 0.05) is 18.3 Å². The minimum absolute atomic E-state index is 0.183. The van der Waals surface area contributed by atoms with E-state index in [-0.39, 0.29) is 12.1 Å². The number of hydrogen-bond acceptors (Lipinski definition) is 5. The maximum Gasteiger partial charge on any atom is 0.410 e. The second kappa shape index (κ2) is 7.31. The lowest BCUT2D eigenvalue weighted by Gasteiger charge is -2.36. The summed E-state index contributed by atoms with van der Waals surface area (Å²) in [6.45, 7) is 6.54. The normalized spacial score (nSPS) is 18.8. The molecule has 6 heteroatoms. The number of nitrogens with zero attached hydrogens (tertiary/aromatic N) is 2. The van der Waals surface area contributed by atoms with Gasteiger partial charge in [-0.1, -0.05) is 23.9 Å². The van der Waals surface area contributed by atoms with Crippen LogP contribution in [-0.2, 0) is 4.74 Å². The Morgan fingerprint density at radius 2 is 2.17 bits per heavy atom. The first-order valence-corrected chi connectivity index (χ1v) is 10.2. The van der Waals surface area contributed by atoms with Crippen LogP contribution in [0.4, 0.5) is 4.79 Å². The van der Waals surface area contributed by atoms with Crippen LogP contribution in [0.3, 0.4) is 0 Å². The van der Waals surface area contributed by atoms with Gasteiger partial charge in [0.15, 0.2) is 4.34 Å². The minimum atomic E-state index is -0.445. The van der Waals surface area contributed by atoms with Gasteiger partial charge in [-0.2, -0.15) is 0 Å². The van der Waals surface area contributed by atoms with Crippen LogP contribution in [-0.4, -0.2) is 39.9 Å². The molecule has 24 heavy (non-hydrogen) atoms. The van der Waals surface area contributed by atoms with Crippen LogP contribution in [0, 0.1) is 0 Å². The van der Waals surface area contributed by atoms with Crippen molar-refractivity contribution in [3.8, 4) is 0 Å². The van der Waals surface area contributed by atoms with Gasteiger partial charge in [-0.05, 0) is 52.2 Å². The number of carbonyl (C=O) groups excluding carboxylic acids is 1. The van der Waals surface area contributed by atoms with E-state index in [1.54, 1.807) is 23.1 Å². The van der Waals surface area contributed by atoms with Crippen molar-refractivity contribution in [3.05, 3.63) is 24.3 Å². The Labute approximate surface area is 151 Å². The summed E-state index contributed by atoms with van der Waals surface area (Å²) in [6.07, 6.45) is 3.08. The lowest BCUT2D eigenvalue weighted by Crippen LogP contribution is -2.47. The van der Waals surface area contributed by atoms with Crippen molar-refractivity contribution in [2.45, 2.75) is 56.0 Å². The molecule has 1 fully saturated rings. The van der Waals surface area contributed by atoms with Gasteiger partial charge in [-0.25, -0.2) is 9.78 Å². The predicted octanol–water partition coefficient (Wildman–Crippen LogP) is 5.18. The first kappa shape index (κ1) is 17.5. The molecule has 3 rings (SSSR count). The Kier molecular flexibility index (Phi) is 5.35. The molecule has 2 aromatic rings. The highest BCUT2D eigenvalue weighted by molar-refractivity contribution is 8.01. The van der Waals surface area contributed by atoms with Crippen LogP contribution in [0.2, 0.25) is 0 Å². The zero-order valence-corrected chi connectivity index (χ0v) is 16.1. The Morgan fingerprint density at radius 3 is 2.92 bits per heavy atom. The average Bonchev–Trinajstić information content (AvgIpc) is 2.94. The second-order valence-electron chi connectivity index (χ2n) is 7.08. The number of carbonyl (C=O) groups is 1. The summed E-state index contributed by atoms with van der Waals surface area (Å²) in [6, 6.07) is 8.43. The standard InChI is InChI=1S/C18H24N2O2S2/c1-18(2,3)22-17(21)20-11-7-6-8-13(20)12-23-16-19-14-9-4-5-10-15(14)24-16/h4-5,9-10,13H,6-8,11-12H2,1-3H3/t13-/m1/s1. The summed E-state index contributed by atoms with van der Waals surface area (Å²) >= 11 is 3.47. The fourth-order valence-corrected chi connectivity index (χ4v) is 5.07. The largest absolute Gasteiger partial charge is 0.444 e. The number of thiazole rings is 1. The SMILES string of the molecule is CC(C)(C)OC(=O)N1CCCC[C@@H]1CSc1nc2ccccc2s1. The molecule has 0 bridgehead atoms. The first-order valence-electron chi connectivity index (χ1n) is 8.40. The topological polar surface area (TPSA) is 42.4 Å². The van der Waals surface area contributed by atoms with Crippen molar-refractivity contribution in [1.82, 2.24) is 9.88 Å². The van der Waals surface area contributed by atoms with E-state index in [1.165, 1.54) is 11.1 Å². The fraction of sp³-hybridized carbons (Fsp3) is 0.556. The molecule has 0 unspecified atom stereocenters. The summed E-state index contributed by atoms with van der Waals surface area (Å²) < 4.78 is 7.86. The fourth-order valence-electron chi connectivity index (χ4n) is 2.82. The second-order valence-corrected chi connectivity index (χ2v) is 9.38. The number of benzene rings is 1. The Balaban J connectivity index is 1.64. The molecule has 0 aliphatic carbocycles. The highest BCUT2D eigenvalue weighted by atomic mass is 32.2. The highest BCUT2D eigenvalue weighted by Crippen LogP contribution is 2.32. The van der Waals surface area contributed by atoms with Crippen molar-refractivity contribution in [2.24, 2.45) is 0 Å². The van der Waals surface area contributed by atoms with E-state index in [0.29, 0.717) is 0 Å². The highest BCUT2D eigenvalue weighted by Gasteiger charge is 2.30. The van der Waals surface area contributed by atoms with E-state index in [1.807, 2.05) is 43.9 Å². The number of thioether (sulfide) groups is 1. The van der Waals surface area contributed by atoms with Gasteiger partial charge in [0.2, 0.25) is 0 Å². The zero-order chi connectivity index (χ0) is 17.2. The number of aromatic nitrogens is 1. The molecule has 1 aromatic carbocycles. The maximum atomic E-state index is 12.5. The minimum Gasteiger partial charge on any atom is -0.444 e. The van der Waals surface area contributed by atoms with Crippen molar-refractivity contribution in [1.29, 1.82) is 0 Å². The average molecular weight is 365 g/mol. The van der Waals surface area contributed by atoms with Gasteiger partial charge in [0.25, 0.3) is 0 Å². The number of rotatable bonds is 3. The summed E-state index contributed by atoms with van der Waals surface area (Å²) in [5.74, 6) is 0.874. The van der Waals surface area contributed by atoms with Crippen LogP contribution in [0.15, 0.2) is 28.6 Å². The molecular weight excluding hydrogens is 340 g/mol. The van der Waals surface area contributed by atoms with E-state index in [2.05, 4.69) is 11.1 Å². The molecule has 1 aromatic heterocycles. The molecular formula is C18H24N2O2S2. The molecule has 0 spiro atoms. The number of ether oxygens (including phenoxy) is 1. The summed E-state index contributed by atoms with van der Waals surface area (Å²) in [5.41, 5.74) is 0.608. The maximum absolute atomic E-state index is 12.5. The van der Waals surface area contributed by atoms with Crippen LogP contribution in [0.5, 0.6) is 0 Å². The number of piperidine rings is 1. The number of para-hydroxylation sites is 1. The third-order valence-corrected chi connectivity index (χ3v) is 6.25. The monoisotopic (exact) mass is 364 g/mol. The number of amides is 1. The molecule has 1 aliphatic rings. The Morgan fingerprint density at radius 1 is 1.38 bits per heavy atom. The van der Waals surface area contributed by atoms with Gasteiger partial charge in [0.1, 0.15) is 5.60 Å². The van der Waals surface area contributed by atoms with Crippen LogP contribution in [0.1, 0.15) is 40.0 Å². The Hall–Kier alpha value is -1.27. The van der Waals surface area contributed by atoms with Gasteiger partial charge >= 0.3 is 6.09 Å². The summed E-state index contributed by atoms with van der Waals surface area (Å²) in [5, 5.41) is 0.